The van der Waals surface area contributed by atoms with Gasteiger partial charge in [-0.3, -0.25) is 0 Å². The normalized spacial score (nSPS) is 22.8. The predicted octanol–water partition coefficient (Wildman–Crippen LogP) is 2.68. The maximum atomic E-state index is 5.78. The smallest absolute Gasteiger partial charge is 0.142 e. The van der Waals surface area contributed by atoms with E-state index in [9.17, 15) is 0 Å². The number of hydrogen-bond donors (Lipinski definition) is 1. The molecule has 1 N–H and O–H groups in total. The molecule has 100 valence electrons. The van der Waals surface area contributed by atoms with Crippen molar-refractivity contribution in [3.05, 3.63) is 18.2 Å². The second-order valence-electron chi connectivity index (χ2n) is 4.59. The number of ether oxygens (including phenoxy) is 3. The van der Waals surface area contributed by atoms with Crippen molar-refractivity contribution in [1.29, 1.82) is 0 Å². The minimum absolute atomic E-state index is 0.288. The second kappa shape index (κ2) is 5.96. The summed E-state index contributed by atoms with van der Waals surface area (Å²) in [7, 11) is 3.33. The number of rotatable bonds is 5. The van der Waals surface area contributed by atoms with Crippen LogP contribution >= 0.6 is 0 Å². The van der Waals surface area contributed by atoms with Crippen LogP contribution in [0.4, 0.5) is 5.69 Å². The van der Waals surface area contributed by atoms with Crippen molar-refractivity contribution in [3.8, 4) is 11.5 Å². The van der Waals surface area contributed by atoms with Gasteiger partial charge < -0.3 is 19.5 Å². The highest BCUT2D eigenvalue weighted by molar-refractivity contribution is 5.59. The molecule has 2 unspecified atom stereocenters. The van der Waals surface area contributed by atoms with Crippen molar-refractivity contribution >= 4 is 5.69 Å². The van der Waals surface area contributed by atoms with E-state index in [1.54, 1.807) is 14.2 Å². The Labute approximate surface area is 108 Å². The van der Waals surface area contributed by atoms with Gasteiger partial charge in [-0.05, 0) is 31.9 Å². The Balaban J connectivity index is 1.98. The van der Waals surface area contributed by atoms with E-state index in [1.165, 1.54) is 0 Å². The van der Waals surface area contributed by atoms with Crippen LogP contribution in [0, 0.1) is 0 Å². The van der Waals surface area contributed by atoms with Gasteiger partial charge in [0.15, 0.2) is 0 Å². The maximum Gasteiger partial charge on any atom is 0.142 e. The SMILES string of the molecule is COc1ccc(OC)c(NCC2CCC(C)O2)c1. The van der Waals surface area contributed by atoms with Crippen molar-refractivity contribution in [2.75, 3.05) is 26.1 Å². The fourth-order valence-electron chi connectivity index (χ4n) is 2.21. The van der Waals surface area contributed by atoms with Crippen molar-refractivity contribution in [2.24, 2.45) is 0 Å². The molecule has 0 amide bonds. The molecule has 0 aromatic heterocycles. The first kappa shape index (κ1) is 13.0. The third-order valence-electron chi connectivity index (χ3n) is 3.25. The molecule has 18 heavy (non-hydrogen) atoms. The van der Waals surface area contributed by atoms with Crippen molar-refractivity contribution in [3.63, 3.8) is 0 Å². The standard InChI is InChI=1S/C14H21NO3/c1-10-4-5-12(18-10)9-15-13-8-11(16-2)6-7-14(13)17-3/h6-8,10,12,15H,4-5,9H2,1-3H3. The molecule has 2 atom stereocenters. The highest BCUT2D eigenvalue weighted by Crippen LogP contribution is 2.29. The number of nitrogens with one attached hydrogen (secondary N) is 1. The van der Waals surface area contributed by atoms with E-state index in [1.807, 2.05) is 18.2 Å². The molecular weight excluding hydrogens is 230 g/mol. The Bertz CT molecular complexity index is 395. The average Bonchev–Trinajstić information content (AvgIpc) is 2.81. The number of hydrogen-bond acceptors (Lipinski definition) is 4. The van der Waals surface area contributed by atoms with Gasteiger partial charge in [-0.1, -0.05) is 0 Å². The second-order valence-corrected chi connectivity index (χ2v) is 4.59. The first-order chi connectivity index (χ1) is 8.72. The average molecular weight is 251 g/mol. The predicted molar refractivity (Wildman–Crippen MR) is 71.6 cm³/mol. The van der Waals surface area contributed by atoms with Gasteiger partial charge in [-0.25, -0.2) is 0 Å². The van der Waals surface area contributed by atoms with Crippen molar-refractivity contribution in [1.82, 2.24) is 0 Å². The molecule has 0 radical (unpaired) electrons. The summed E-state index contributed by atoms with van der Waals surface area (Å²) in [5.74, 6) is 1.64. The number of anilines is 1. The van der Waals surface area contributed by atoms with Crippen molar-refractivity contribution in [2.45, 2.75) is 32.0 Å². The monoisotopic (exact) mass is 251 g/mol. The Morgan fingerprint density at radius 2 is 2.11 bits per heavy atom. The lowest BCUT2D eigenvalue weighted by Gasteiger charge is -2.16. The van der Waals surface area contributed by atoms with E-state index in [-0.39, 0.29) is 6.10 Å². The molecule has 1 aliphatic rings. The van der Waals surface area contributed by atoms with E-state index < -0.39 is 0 Å². The summed E-state index contributed by atoms with van der Waals surface area (Å²) < 4.78 is 16.3. The molecule has 1 saturated heterocycles. The van der Waals surface area contributed by atoms with Crippen molar-refractivity contribution < 1.29 is 14.2 Å². The van der Waals surface area contributed by atoms with E-state index in [2.05, 4.69) is 12.2 Å². The van der Waals surface area contributed by atoms with Gasteiger partial charge in [0, 0.05) is 12.6 Å². The molecule has 1 aromatic rings. The zero-order valence-corrected chi connectivity index (χ0v) is 11.2. The van der Waals surface area contributed by atoms with Crippen LogP contribution in [0.25, 0.3) is 0 Å². The zero-order chi connectivity index (χ0) is 13.0. The first-order valence-electron chi connectivity index (χ1n) is 6.34. The molecule has 0 saturated carbocycles. The summed E-state index contributed by atoms with van der Waals surface area (Å²) >= 11 is 0. The van der Waals surface area contributed by atoms with E-state index in [0.717, 1.165) is 36.6 Å². The van der Waals surface area contributed by atoms with Crippen LogP contribution in [0.2, 0.25) is 0 Å². The summed E-state index contributed by atoms with van der Waals surface area (Å²) in [6.07, 6.45) is 2.92. The maximum absolute atomic E-state index is 5.78. The Morgan fingerprint density at radius 3 is 2.72 bits per heavy atom. The molecule has 1 aromatic carbocycles. The van der Waals surface area contributed by atoms with E-state index in [0.29, 0.717) is 6.10 Å². The summed E-state index contributed by atoms with van der Waals surface area (Å²) in [4.78, 5) is 0. The number of benzene rings is 1. The first-order valence-corrected chi connectivity index (χ1v) is 6.34. The summed E-state index contributed by atoms with van der Waals surface area (Å²) in [5.41, 5.74) is 0.944. The quantitative estimate of drug-likeness (QED) is 0.873. The summed E-state index contributed by atoms with van der Waals surface area (Å²) in [6, 6.07) is 5.73. The van der Waals surface area contributed by atoms with Gasteiger partial charge in [0.25, 0.3) is 0 Å². The topological polar surface area (TPSA) is 39.7 Å². The third-order valence-corrected chi connectivity index (χ3v) is 3.25. The number of methoxy groups -OCH3 is 2. The van der Waals surface area contributed by atoms with Crippen LogP contribution < -0.4 is 14.8 Å². The molecule has 4 nitrogen and oxygen atoms in total. The highest BCUT2D eigenvalue weighted by Gasteiger charge is 2.21. The fraction of sp³-hybridized carbons (Fsp3) is 0.571. The molecule has 0 aliphatic carbocycles. The largest absolute Gasteiger partial charge is 0.497 e. The van der Waals surface area contributed by atoms with E-state index >= 15 is 0 Å². The summed E-state index contributed by atoms with van der Waals surface area (Å²) in [6.45, 7) is 2.92. The minimum atomic E-state index is 0.288. The molecule has 2 rings (SSSR count). The molecule has 1 aliphatic heterocycles. The lowest BCUT2D eigenvalue weighted by atomic mass is 10.2. The molecule has 1 fully saturated rings. The zero-order valence-electron chi connectivity index (χ0n) is 11.2. The highest BCUT2D eigenvalue weighted by atomic mass is 16.5. The fourth-order valence-corrected chi connectivity index (χ4v) is 2.21. The molecule has 4 heteroatoms. The molecule has 1 heterocycles. The Kier molecular flexibility index (Phi) is 4.31. The third kappa shape index (κ3) is 3.07. The molecule has 0 spiro atoms. The van der Waals surface area contributed by atoms with Gasteiger partial charge in [0.05, 0.1) is 32.1 Å². The summed E-state index contributed by atoms with van der Waals surface area (Å²) in [5, 5.41) is 3.37. The lowest BCUT2D eigenvalue weighted by Crippen LogP contribution is -2.20. The molecular formula is C14H21NO3. The van der Waals surface area contributed by atoms with Gasteiger partial charge in [-0.15, -0.1) is 0 Å². The van der Waals surface area contributed by atoms with Crippen LogP contribution in [0.5, 0.6) is 11.5 Å². The Morgan fingerprint density at radius 1 is 1.28 bits per heavy atom. The Hall–Kier alpha value is -1.42. The van der Waals surface area contributed by atoms with Gasteiger partial charge >= 0.3 is 0 Å². The van der Waals surface area contributed by atoms with Crippen LogP contribution in [-0.4, -0.2) is 33.0 Å². The molecule has 0 bridgehead atoms. The van der Waals surface area contributed by atoms with Crippen LogP contribution in [0.3, 0.4) is 0 Å². The van der Waals surface area contributed by atoms with Gasteiger partial charge in [0.1, 0.15) is 11.5 Å². The van der Waals surface area contributed by atoms with E-state index in [4.69, 9.17) is 14.2 Å². The minimum Gasteiger partial charge on any atom is -0.497 e. The van der Waals surface area contributed by atoms with Crippen LogP contribution in [-0.2, 0) is 4.74 Å². The van der Waals surface area contributed by atoms with Gasteiger partial charge in [0.2, 0.25) is 0 Å². The lowest BCUT2D eigenvalue weighted by molar-refractivity contribution is 0.0636. The van der Waals surface area contributed by atoms with Crippen LogP contribution in [0.15, 0.2) is 18.2 Å². The van der Waals surface area contributed by atoms with Gasteiger partial charge in [-0.2, -0.15) is 0 Å². The van der Waals surface area contributed by atoms with Crippen LogP contribution in [0.1, 0.15) is 19.8 Å².